The molecule has 0 aliphatic rings. The Bertz CT molecular complexity index is 228. The third-order valence-electron chi connectivity index (χ3n) is 2.65. The maximum absolute atomic E-state index is 11.9. The number of amides is 1. The largest absolute Gasteiger partial charge is 0.469 e. The lowest BCUT2D eigenvalue weighted by Gasteiger charge is -2.23. The minimum Gasteiger partial charge on any atom is -0.469 e. The summed E-state index contributed by atoms with van der Waals surface area (Å²) in [5.41, 5.74) is 0. The Kier molecular flexibility index (Phi) is 7.60. The van der Waals surface area contributed by atoms with E-state index < -0.39 is 0 Å². The molecule has 0 aliphatic carbocycles. The summed E-state index contributed by atoms with van der Waals surface area (Å²) in [5, 5.41) is 0. The van der Waals surface area contributed by atoms with Crippen molar-refractivity contribution in [3.05, 3.63) is 0 Å². The number of carbonyl (C=O) groups is 2. The number of hydrogen-bond acceptors (Lipinski definition) is 3. The molecule has 0 bridgehead atoms. The number of nitrogens with zero attached hydrogens (tertiary/aromatic N) is 1. The summed E-state index contributed by atoms with van der Waals surface area (Å²) >= 11 is 0. The molecule has 94 valence electrons. The van der Waals surface area contributed by atoms with Gasteiger partial charge in [-0.1, -0.05) is 20.3 Å². The van der Waals surface area contributed by atoms with Gasteiger partial charge in [0.2, 0.25) is 5.91 Å². The van der Waals surface area contributed by atoms with E-state index >= 15 is 0 Å². The molecular formula is C12H23NO3. The van der Waals surface area contributed by atoms with Crippen LogP contribution in [0.25, 0.3) is 0 Å². The van der Waals surface area contributed by atoms with Crippen LogP contribution in [0, 0.1) is 5.92 Å². The SMILES string of the molecule is CCCC(C)C(=O)N(CC)CCC(=O)OC. The first-order valence-corrected chi connectivity index (χ1v) is 5.92. The summed E-state index contributed by atoms with van der Waals surface area (Å²) in [6, 6.07) is 0. The van der Waals surface area contributed by atoms with Crippen LogP contribution in [0.4, 0.5) is 0 Å². The lowest BCUT2D eigenvalue weighted by atomic mass is 10.0. The number of methoxy groups -OCH3 is 1. The number of ether oxygens (including phenoxy) is 1. The van der Waals surface area contributed by atoms with Gasteiger partial charge in [-0.05, 0) is 13.3 Å². The normalized spacial score (nSPS) is 12.0. The lowest BCUT2D eigenvalue weighted by Crippen LogP contribution is -2.36. The van der Waals surface area contributed by atoms with Crippen molar-refractivity contribution in [3.63, 3.8) is 0 Å². The van der Waals surface area contributed by atoms with Gasteiger partial charge in [-0.3, -0.25) is 9.59 Å². The predicted molar refractivity (Wildman–Crippen MR) is 63.0 cm³/mol. The van der Waals surface area contributed by atoms with Crippen molar-refractivity contribution in [2.45, 2.75) is 40.0 Å². The standard InChI is InChI=1S/C12H23NO3/c1-5-7-10(3)12(15)13(6-2)9-8-11(14)16-4/h10H,5-9H2,1-4H3. The second kappa shape index (κ2) is 8.13. The molecule has 0 aromatic rings. The first kappa shape index (κ1) is 14.9. The van der Waals surface area contributed by atoms with E-state index in [9.17, 15) is 9.59 Å². The highest BCUT2D eigenvalue weighted by Crippen LogP contribution is 2.10. The smallest absolute Gasteiger partial charge is 0.307 e. The van der Waals surface area contributed by atoms with E-state index in [0.29, 0.717) is 13.1 Å². The molecule has 0 fully saturated rings. The lowest BCUT2D eigenvalue weighted by molar-refractivity contribution is -0.142. The van der Waals surface area contributed by atoms with Crippen LogP contribution in [0.5, 0.6) is 0 Å². The van der Waals surface area contributed by atoms with Crippen LogP contribution < -0.4 is 0 Å². The molecule has 0 aliphatic heterocycles. The molecule has 0 rings (SSSR count). The Balaban J connectivity index is 4.16. The summed E-state index contributed by atoms with van der Waals surface area (Å²) in [6.07, 6.45) is 2.17. The maximum Gasteiger partial charge on any atom is 0.307 e. The molecule has 0 N–H and O–H groups in total. The fourth-order valence-electron chi connectivity index (χ4n) is 1.62. The fourth-order valence-corrected chi connectivity index (χ4v) is 1.62. The maximum atomic E-state index is 11.9. The van der Waals surface area contributed by atoms with Crippen molar-refractivity contribution >= 4 is 11.9 Å². The van der Waals surface area contributed by atoms with E-state index in [1.54, 1.807) is 4.90 Å². The zero-order valence-corrected chi connectivity index (χ0v) is 10.8. The van der Waals surface area contributed by atoms with Gasteiger partial charge in [0, 0.05) is 19.0 Å². The molecule has 0 aromatic heterocycles. The molecule has 4 nitrogen and oxygen atoms in total. The van der Waals surface area contributed by atoms with Crippen molar-refractivity contribution in [3.8, 4) is 0 Å². The minimum absolute atomic E-state index is 0.0441. The minimum atomic E-state index is -0.269. The summed E-state index contributed by atoms with van der Waals surface area (Å²) in [4.78, 5) is 24.6. The highest BCUT2D eigenvalue weighted by molar-refractivity contribution is 5.79. The Labute approximate surface area is 98.0 Å². The second-order valence-corrected chi connectivity index (χ2v) is 3.93. The third kappa shape index (κ3) is 5.14. The van der Waals surface area contributed by atoms with Gasteiger partial charge in [-0.15, -0.1) is 0 Å². The van der Waals surface area contributed by atoms with Gasteiger partial charge in [-0.2, -0.15) is 0 Å². The van der Waals surface area contributed by atoms with Crippen LogP contribution in [0.3, 0.4) is 0 Å². The molecule has 0 spiro atoms. The summed E-state index contributed by atoms with van der Waals surface area (Å²) in [5.74, 6) is -0.0924. The van der Waals surface area contributed by atoms with Crippen molar-refractivity contribution in [1.29, 1.82) is 0 Å². The zero-order chi connectivity index (χ0) is 12.6. The van der Waals surface area contributed by atoms with Crippen molar-refractivity contribution < 1.29 is 14.3 Å². The average Bonchev–Trinajstić information content (AvgIpc) is 2.29. The van der Waals surface area contributed by atoms with Gasteiger partial charge in [-0.25, -0.2) is 0 Å². The Morgan fingerprint density at radius 1 is 1.31 bits per heavy atom. The molecule has 0 radical (unpaired) electrons. The topological polar surface area (TPSA) is 46.6 Å². The van der Waals surface area contributed by atoms with E-state index in [-0.39, 0.29) is 24.2 Å². The number of rotatable bonds is 7. The van der Waals surface area contributed by atoms with Crippen molar-refractivity contribution in [2.24, 2.45) is 5.92 Å². The van der Waals surface area contributed by atoms with Crippen LogP contribution in [0.2, 0.25) is 0 Å². The fraction of sp³-hybridized carbons (Fsp3) is 0.833. The monoisotopic (exact) mass is 229 g/mol. The number of carbonyl (C=O) groups excluding carboxylic acids is 2. The summed E-state index contributed by atoms with van der Waals surface area (Å²) in [6.45, 7) is 7.02. The molecule has 1 unspecified atom stereocenters. The molecule has 1 atom stereocenters. The van der Waals surface area contributed by atoms with Gasteiger partial charge < -0.3 is 9.64 Å². The first-order chi connectivity index (χ1) is 7.56. The molecule has 0 saturated heterocycles. The van der Waals surface area contributed by atoms with Gasteiger partial charge in [0.15, 0.2) is 0 Å². The van der Waals surface area contributed by atoms with E-state index in [1.165, 1.54) is 7.11 Å². The van der Waals surface area contributed by atoms with Crippen LogP contribution in [0.15, 0.2) is 0 Å². The summed E-state index contributed by atoms with van der Waals surface area (Å²) < 4.78 is 4.56. The quantitative estimate of drug-likeness (QED) is 0.626. The van der Waals surface area contributed by atoms with Crippen LogP contribution in [-0.2, 0) is 14.3 Å². The number of hydrogen-bond donors (Lipinski definition) is 0. The highest BCUT2D eigenvalue weighted by atomic mass is 16.5. The Hall–Kier alpha value is -1.06. The predicted octanol–water partition coefficient (Wildman–Crippen LogP) is 1.83. The van der Waals surface area contributed by atoms with Crippen molar-refractivity contribution in [1.82, 2.24) is 4.90 Å². The van der Waals surface area contributed by atoms with Crippen molar-refractivity contribution in [2.75, 3.05) is 20.2 Å². The molecule has 4 heteroatoms. The Morgan fingerprint density at radius 3 is 2.38 bits per heavy atom. The molecule has 16 heavy (non-hydrogen) atoms. The van der Waals surface area contributed by atoms with Gasteiger partial charge in [0.05, 0.1) is 13.5 Å². The first-order valence-electron chi connectivity index (χ1n) is 5.92. The zero-order valence-electron chi connectivity index (χ0n) is 10.8. The molecule has 1 amide bonds. The van der Waals surface area contributed by atoms with E-state index in [1.807, 2.05) is 13.8 Å². The average molecular weight is 229 g/mol. The van der Waals surface area contributed by atoms with E-state index in [0.717, 1.165) is 12.8 Å². The Morgan fingerprint density at radius 2 is 1.94 bits per heavy atom. The van der Waals surface area contributed by atoms with Gasteiger partial charge in [0.1, 0.15) is 0 Å². The second-order valence-electron chi connectivity index (χ2n) is 3.93. The van der Waals surface area contributed by atoms with E-state index in [4.69, 9.17) is 0 Å². The third-order valence-corrected chi connectivity index (χ3v) is 2.65. The highest BCUT2D eigenvalue weighted by Gasteiger charge is 2.19. The number of esters is 1. The van der Waals surface area contributed by atoms with E-state index in [2.05, 4.69) is 11.7 Å². The van der Waals surface area contributed by atoms with Gasteiger partial charge >= 0.3 is 5.97 Å². The molecule has 0 heterocycles. The van der Waals surface area contributed by atoms with Crippen LogP contribution in [0.1, 0.15) is 40.0 Å². The molecule has 0 saturated carbocycles. The molecular weight excluding hydrogens is 206 g/mol. The molecule has 0 aromatic carbocycles. The van der Waals surface area contributed by atoms with Crippen LogP contribution in [-0.4, -0.2) is 37.0 Å². The van der Waals surface area contributed by atoms with Crippen LogP contribution >= 0.6 is 0 Å². The van der Waals surface area contributed by atoms with Gasteiger partial charge in [0.25, 0.3) is 0 Å². The summed E-state index contributed by atoms with van der Waals surface area (Å²) in [7, 11) is 1.36.